The topological polar surface area (TPSA) is 50.8 Å². The minimum Gasteiger partial charge on any atom is -0.489 e. The van der Waals surface area contributed by atoms with Gasteiger partial charge in [-0.1, -0.05) is 11.6 Å². The summed E-state index contributed by atoms with van der Waals surface area (Å²) >= 11 is 6.05. The first kappa shape index (κ1) is 14.6. The molecule has 0 unspecified atom stereocenters. The number of hydrogen-bond donors (Lipinski definition) is 1. The van der Waals surface area contributed by atoms with Crippen LogP contribution in [0.1, 0.15) is 13.8 Å². The van der Waals surface area contributed by atoms with E-state index in [0.717, 1.165) is 5.06 Å². The van der Waals surface area contributed by atoms with E-state index in [0.29, 0.717) is 16.5 Å². The summed E-state index contributed by atoms with van der Waals surface area (Å²) in [4.78, 5) is 16.3. The Morgan fingerprint density at radius 3 is 2.61 bits per heavy atom. The molecule has 2 amide bonds. The molecule has 0 saturated heterocycles. The predicted molar refractivity (Wildman–Crippen MR) is 71.0 cm³/mol. The van der Waals surface area contributed by atoms with Crippen LogP contribution in [0.25, 0.3) is 0 Å². The first-order valence-corrected chi connectivity index (χ1v) is 5.87. The second-order valence-corrected chi connectivity index (χ2v) is 4.33. The standard InChI is InChI=1S/C12H17ClN2O3/c1-8(2)18-11-6-5-9(7-10(11)13)14-12(16)15(3)17-4/h5-8H,1-4H3,(H,14,16). The fraction of sp³-hybridized carbons (Fsp3) is 0.417. The van der Waals surface area contributed by atoms with E-state index < -0.39 is 0 Å². The summed E-state index contributed by atoms with van der Waals surface area (Å²) in [5, 5.41) is 4.16. The summed E-state index contributed by atoms with van der Waals surface area (Å²) in [7, 11) is 2.92. The Balaban J connectivity index is 2.75. The van der Waals surface area contributed by atoms with Crippen LogP contribution < -0.4 is 10.1 Å². The summed E-state index contributed by atoms with van der Waals surface area (Å²) in [5.41, 5.74) is 0.574. The number of amides is 2. The molecule has 0 aromatic heterocycles. The maximum atomic E-state index is 11.5. The molecule has 0 bridgehead atoms. The fourth-order valence-corrected chi connectivity index (χ4v) is 1.44. The molecule has 0 radical (unpaired) electrons. The molecule has 0 fully saturated rings. The van der Waals surface area contributed by atoms with Gasteiger partial charge in [0.1, 0.15) is 5.75 Å². The van der Waals surface area contributed by atoms with Gasteiger partial charge in [-0.05, 0) is 32.0 Å². The van der Waals surface area contributed by atoms with E-state index in [-0.39, 0.29) is 12.1 Å². The van der Waals surface area contributed by atoms with Gasteiger partial charge < -0.3 is 10.1 Å². The quantitative estimate of drug-likeness (QED) is 0.857. The van der Waals surface area contributed by atoms with Gasteiger partial charge in [-0.15, -0.1) is 0 Å². The molecule has 18 heavy (non-hydrogen) atoms. The molecule has 0 heterocycles. The first-order valence-electron chi connectivity index (χ1n) is 5.49. The Kier molecular flexibility index (Phi) is 5.25. The highest BCUT2D eigenvalue weighted by Gasteiger charge is 2.10. The van der Waals surface area contributed by atoms with Gasteiger partial charge in [0.05, 0.1) is 18.2 Å². The normalized spacial score (nSPS) is 10.3. The molecular formula is C12H17ClN2O3. The lowest BCUT2D eigenvalue weighted by molar-refractivity contribution is -0.0598. The Bertz CT molecular complexity index is 424. The number of benzene rings is 1. The van der Waals surface area contributed by atoms with Crippen LogP contribution in [0.5, 0.6) is 5.75 Å². The van der Waals surface area contributed by atoms with Crippen molar-refractivity contribution < 1.29 is 14.4 Å². The highest BCUT2D eigenvalue weighted by molar-refractivity contribution is 6.32. The fourth-order valence-electron chi connectivity index (χ4n) is 1.21. The van der Waals surface area contributed by atoms with Crippen molar-refractivity contribution in [3.05, 3.63) is 23.2 Å². The number of ether oxygens (including phenoxy) is 1. The number of hydroxylamine groups is 2. The summed E-state index contributed by atoms with van der Waals surface area (Å²) < 4.78 is 5.49. The van der Waals surface area contributed by atoms with Gasteiger partial charge in [0.2, 0.25) is 0 Å². The monoisotopic (exact) mass is 272 g/mol. The van der Waals surface area contributed by atoms with E-state index in [1.54, 1.807) is 18.2 Å². The lowest BCUT2D eigenvalue weighted by Gasteiger charge is -2.16. The third-order valence-electron chi connectivity index (χ3n) is 2.11. The number of hydrogen-bond acceptors (Lipinski definition) is 3. The Morgan fingerprint density at radius 2 is 2.11 bits per heavy atom. The maximum absolute atomic E-state index is 11.5. The second-order valence-electron chi connectivity index (χ2n) is 3.92. The van der Waals surface area contributed by atoms with E-state index in [1.165, 1.54) is 14.2 Å². The van der Waals surface area contributed by atoms with E-state index in [4.69, 9.17) is 21.2 Å². The summed E-state index contributed by atoms with van der Waals surface area (Å²) in [6, 6.07) is 4.67. The molecule has 1 aromatic rings. The van der Waals surface area contributed by atoms with Crippen LogP contribution in [0.15, 0.2) is 18.2 Å². The van der Waals surface area contributed by atoms with Crippen LogP contribution >= 0.6 is 11.6 Å². The molecule has 0 saturated carbocycles. The number of urea groups is 1. The van der Waals surface area contributed by atoms with E-state index >= 15 is 0 Å². The molecule has 0 aliphatic heterocycles. The third-order valence-corrected chi connectivity index (χ3v) is 2.40. The average molecular weight is 273 g/mol. The molecule has 6 heteroatoms. The minimum absolute atomic E-state index is 0.0440. The van der Waals surface area contributed by atoms with E-state index in [9.17, 15) is 4.79 Å². The molecule has 0 aliphatic rings. The number of halogens is 1. The summed E-state index contributed by atoms with van der Waals surface area (Å²) in [6.45, 7) is 3.83. The molecule has 0 atom stereocenters. The van der Waals surface area contributed by atoms with Crippen LogP contribution in [0.3, 0.4) is 0 Å². The van der Waals surface area contributed by atoms with Crippen molar-refractivity contribution in [1.82, 2.24) is 5.06 Å². The first-order chi connectivity index (χ1) is 8.43. The van der Waals surface area contributed by atoms with Gasteiger partial charge in [0.25, 0.3) is 0 Å². The maximum Gasteiger partial charge on any atom is 0.345 e. The minimum atomic E-state index is -0.383. The molecule has 0 spiro atoms. The van der Waals surface area contributed by atoms with Crippen molar-refractivity contribution in [2.24, 2.45) is 0 Å². The highest BCUT2D eigenvalue weighted by Crippen LogP contribution is 2.28. The SMILES string of the molecule is CON(C)C(=O)Nc1ccc(OC(C)C)c(Cl)c1. The second kappa shape index (κ2) is 6.47. The number of anilines is 1. The molecule has 1 aromatic carbocycles. The van der Waals surface area contributed by atoms with Crippen LogP contribution in [-0.4, -0.2) is 31.4 Å². The molecule has 5 nitrogen and oxygen atoms in total. The zero-order chi connectivity index (χ0) is 13.7. The van der Waals surface area contributed by atoms with Gasteiger partial charge >= 0.3 is 6.03 Å². The smallest absolute Gasteiger partial charge is 0.345 e. The van der Waals surface area contributed by atoms with E-state index in [2.05, 4.69) is 5.32 Å². The van der Waals surface area contributed by atoms with E-state index in [1.807, 2.05) is 13.8 Å². The van der Waals surface area contributed by atoms with Gasteiger partial charge in [-0.3, -0.25) is 4.84 Å². The third kappa shape index (κ3) is 4.09. The summed E-state index contributed by atoms with van der Waals surface area (Å²) in [5.74, 6) is 0.588. The van der Waals surface area contributed by atoms with Crippen LogP contribution in [0.2, 0.25) is 5.02 Å². The van der Waals surface area contributed by atoms with Crippen molar-refractivity contribution in [2.75, 3.05) is 19.5 Å². The molecule has 100 valence electrons. The molecule has 1 N–H and O–H groups in total. The largest absolute Gasteiger partial charge is 0.489 e. The van der Waals surface area contributed by atoms with Crippen molar-refractivity contribution in [3.63, 3.8) is 0 Å². The zero-order valence-electron chi connectivity index (χ0n) is 10.9. The molecule has 0 aliphatic carbocycles. The number of carbonyl (C=O) groups is 1. The van der Waals surface area contributed by atoms with Gasteiger partial charge in [0.15, 0.2) is 0 Å². The van der Waals surface area contributed by atoms with Crippen molar-refractivity contribution in [3.8, 4) is 5.75 Å². The average Bonchev–Trinajstić information content (AvgIpc) is 2.31. The Hall–Kier alpha value is -1.46. The van der Waals surface area contributed by atoms with Crippen LogP contribution in [0, 0.1) is 0 Å². The Labute approximate surface area is 112 Å². The Morgan fingerprint density at radius 1 is 1.44 bits per heavy atom. The van der Waals surface area contributed by atoms with Crippen molar-refractivity contribution in [2.45, 2.75) is 20.0 Å². The van der Waals surface area contributed by atoms with Gasteiger partial charge in [0, 0.05) is 12.7 Å². The van der Waals surface area contributed by atoms with Gasteiger partial charge in [-0.2, -0.15) is 0 Å². The molecular weight excluding hydrogens is 256 g/mol. The number of carbonyl (C=O) groups excluding carboxylic acids is 1. The number of nitrogens with zero attached hydrogens (tertiary/aromatic N) is 1. The number of nitrogens with one attached hydrogen (secondary N) is 1. The van der Waals surface area contributed by atoms with Crippen molar-refractivity contribution in [1.29, 1.82) is 0 Å². The number of rotatable bonds is 4. The van der Waals surface area contributed by atoms with Crippen LogP contribution in [0.4, 0.5) is 10.5 Å². The summed E-state index contributed by atoms with van der Waals surface area (Å²) in [6.07, 6.45) is 0.0440. The lowest BCUT2D eigenvalue weighted by Crippen LogP contribution is -2.30. The highest BCUT2D eigenvalue weighted by atomic mass is 35.5. The predicted octanol–water partition coefficient (Wildman–Crippen LogP) is 3.15. The van der Waals surface area contributed by atoms with Gasteiger partial charge in [-0.25, -0.2) is 9.86 Å². The van der Waals surface area contributed by atoms with Crippen molar-refractivity contribution >= 4 is 23.3 Å². The van der Waals surface area contributed by atoms with Crippen LogP contribution in [-0.2, 0) is 4.84 Å². The zero-order valence-corrected chi connectivity index (χ0v) is 11.6. The lowest BCUT2D eigenvalue weighted by atomic mass is 10.3. The molecule has 1 rings (SSSR count).